The highest BCUT2D eigenvalue weighted by atomic mass is 16.5. The van der Waals surface area contributed by atoms with E-state index >= 15 is 0 Å². The Labute approximate surface area is 134 Å². The van der Waals surface area contributed by atoms with Gasteiger partial charge in [-0.15, -0.1) is 0 Å². The molecule has 0 aliphatic carbocycles. The maximum atomic E-state index is 12.0. The summed E-state index contributed by atoms with van der Waals surface area (Å²) >= 11 is 0. The summed E-state index contributed by atoms with van der Waals surface area (Å²) in [5, 5.41) is 14.3. The van der Waals surface area contributed by atoms with Crippen LogP contribution in [0, 0.1) is 11.3 Å². The van der Waals surface area contributed by atoms with Crippen LogP contribution in [-0.4, -0.2) is 38.1 Å². The Morgan fingerprint density at radius 3 is 3.00 bits per heavy atom. The van der Waals surface area contributed by atoms with Gasteiger partial charge >= 0.3 is 0 Å². The Morgan fingerprint density at radius 2 is 2.26 bits per heavy atom. The van der Waals surface area contributed by atoms with E-state index in [1.54, 1.807) is 12.1 Å². The van der Waals surface area contributed by atoms with Gasteiger partial charge in [-0.25, -0.2) is 0 Å². The molecule has 7 nitrogen and oxygen atoms in total. The number of nitrogens with one attached hydrogen (secondary N) is 2. The molecule has 0 aromatic heterocycles. The number of rotatable bonds is 5. The van der Waals surface area contributed by atoms with Gasteiger partial charge < -0.3 is 20.1 Å². The zero-order valence-electron chi connectivity index (χ0n) is 12.9. The number of nitrogens with zero attached hydrogens (tertiary/aromatic N) is 1. The van der Waals surface area contributed by atoms with Crippen LogP contribution < -0.4 is 20.1 Å². The first-order valence-electron chi connectivity index (χ1n) is 7.42. The molecule has 0 saturated carbocycles. The van der Waals surface area contributed by atoms with Gasteiger partial charge in [-0.05, 0) is 31.4 Å². The van der Waals surface area contributed by atoms with Crippen molar-refractivity contribution in [1.29, 1.82) is 5.26 Å². The number of ether oxygens (including phenoxy) is 2. The van der Waals surface area contributed by atoms with Gasteiger partial charge in [0.25, 0.3) is 5.91 Å². The van der Waals surface area contributed by atoms with Gasteiger partial charge in [-0.1, -0.05) is 0 Å². The normalized spacial score (nSPS) is 17.4. The molecule has 7 heteroatoms. The fourth-order valence-electron chi connectivity index (χ4n) is 2.31. The summed E-state index contributed by atoms with van der Waals surface area (Å²) in [6.07, 6.45) is 2.42. The van der Waals surface area contributed by atoms with E-state index in [-0.39, 0.29) is 18.4 Å². The summed E-state index contributed by atoms with van der Waals surface area (Å²) < 4.78 is 10.6. The third kappa shape index (κ3) is 4.61. The third-order valence-corrected chi connectivity index (χ3v) is 3.52. The molecule has 0 radical (unpaired) electrons. The molecule has 0 unspecified atom stereocenters. The zero-order chi connectivity index (χ0) is 16.7. The summed E-state index contributed by atoms with van der Waals surface area (Å²) in [6.45, 7) is 0.413. The zero-order valence-corrected chi connectivity index (χ0v) is 12.9. The van der Waals surface area contributed by atoms with E-state index in [2.05, 4.69) is 10.6 Å². The molecule has 2 N–H and O–H groups in total. The number of benzene rings is 1. The predicted molar refractivity (Wildman–Crippen MR) is 82.0 cm³/mol. The summed E-state index contributed by atoms with van der Waals surface area (Å²) in [6, 6.07) is 6.17. The quantitative estimate of drug-likeness (QED) is 0.834. The lowest BCUT2D eigenvalue weighted by Gasteiger charge is -2.16. The molecule has 1 aliphatic heterocycles. The largest absolute Gasteiger partial charge is 0.493 e. The number of hydrogen-bond donors (Lipinski definition) is 2. The van der Waals surface area contributed by atoms with E-state index in [4.69, 9.17) is 14.7 Å². The summed E-state index contributed by atoms with van der Waals surface area (Å²) in [4.78, 5) is 23.7. The van der Waals surface area contributed by atoms with Gasteiger partial charge in [-0.3, -0.25) is 9.59 Å². The molecule has 1 fully saturated rings. The van der Waals surface area contributed by atoms with E-state index in [1.807, 2.05) is 6.07 Å². The Bertz CT molecular complexity index is 624. The van der Waals surface area contributed by atoms with Crippen molar-refractivity contribution in [1.82, 2.24) is 10.6 Å². The Kier molecular flexibility index (Phi) is 5.80. The second-order valence-electron chi connectivity index (χ2n) is 5.17. The van der Waals surface area contributed by atoms with E-state index in [1.165, 1.54) is 13.2 Å². The maximum Gasteiger partial charge on any atom is 0.258 e. The van der Waals surface area contributed by atoms with Crippen molar-refractivity contribution < 1.29 is 19.1 Å². The minimum Gasteiger partial charge on any atom is -0.493 e. The van der Waals surface area contributed by atoms with Gasteiger partial charge in [-0.2, -0.15) is 5.26 Å². The number of hydrogen-bond acceptors (Lipinski definition) is 5. The van der Waals surface area contributed by atoms with E-state index < -0.39 is 6.04 Å². The van der Waals surface area contributed by atoms with Crippen LogP contribution >= 0.6 is 0 Å². The fourth-order valence-corrected chi connectivity index (χ4v) is 2.31. The van der Waals surface area contributed by atoms with E-state index in [0.29, 0.717) is 30.0 Å². The molecular weight excluding hydrogens is 298 g/mol. The average molecular weight is 317 g/mol. The second-order valence-corrected chi connectivity index (χ2v) is 5.17. The lowest BCUT2D eigenvalue weighted by atomic mass is 10.1. The van der Waals surface area contributed by atoms with Gasteiger partial charge in [0.05, 0.1) is 18.7 Å². The molecule has 1 aliphatic rings. The van der Waals surface area contributed by atoms with Crippen molar-refractivity contribution in [3.05, 3.63) is 23.8 Å². The van der Waals surface area contributed by atoms with Crippen molar-refractivity contribution >= 4 is 11.8 Å². The second kappa shape index (κ2) is 8.03. The molecule has 1 aromatic rings. The number of methoxy groups -OCH3 is 1. The van der Waals surface area contributed by atoms with E-state index in [9.17, 15) is 9.59 Å². The highest BCUT2D eigenvalue weighted by Gasteiger charge is 2.22. The number of carbonyl (C=O) groups excluding carboxylic acids is 2. The first-order valence-corrected chi connectivity index (χ1v) is 7.42. The minimum absolute atomic E-state index is 0.160. The predicted octanol–water partition coefficient (Wildman–Crippen LogP) is 0.731. The van der Waals surface area contributed by atoms with Crippen molar-refractivity contribution in [2.24, 2.45) is 0 Å². The smallest absolute Gasteiger partial charge is 0.258 e. The monoisotopic (exact) mass is 317 g/mol. The maximum absolute atomic E-state index is 12.0. The van der Waals surface area contributed by atoms with Gasteiger partial charge in [0.1, 0.15) is 6.04 Å². The molecule has 0 spiro atoms. The topological polar surface area (TPSA) is 100 Å². The molecule has 1 saturated heterocycles. The minimum atomic E-state index is -0.517. The molecule has 0 bridgehead atoms. The molecule has 1 heterocycles. The SMILES string of the molecule is COc1cc(C#N)ccc1OCC(=O)N[C@H]1CCCCNC1=O. The van der Waals surface area contributed by atoms with Crippen LogP contribution in [0.15, 0.2) is 18.2 Å². The first kappa shape index (κ1) is 16.6. The number of nitriles is 1. The van der Waals surface area contributed by atoms with Crippen LogP contribution in [0.2, 0.25) is 0 Å². The number of amides is 2. The van der Waals surface area contributed by atoms with Crippen LogP contribution in [0.5, 0.6) is 11.5 Å². The van der Waals surface area contributed by atoms with Crippen LogP contribution in [0.3, 0.4) is 0 Å². The Hall–Kier alpha value is -2.75. The summed E-state index contributed by atoms with van der Waals surface area (Å²) in [5.41, 5.74) is 0.439. The van der Waals surface area contributed by atoms with Crippen LogP contribution in [0.25, 0.3) is 0 Å². The van der Waals surface area contributed by atoms with Crippen LogP contribution in [0.4, 0.5) is 0 Å². The molecule has 1 atom stereocenters. The molecule has 122 valence electrons. The first-order chi connectivity index (χ1) is 11.1. The van der Waals surface area contributed by atoms with Gasteiger partial charge in [0, 0.05) is 12.6 Å². The van der Waals surface area contributed by atoms with Crippen molar-refractivity contribution in [3.63, 3.8) is 0 Å². The van der Waals surface area contributed by atoms with Crippen molar-refractivity contribution in [2.45, 2.75) is 25.3 Å². The van der Waals surface area contributed by atoms with Crippen molar-refractivity contribution in [2.75, 3.05) is 20.3 Å². The summed E-state index contributed by atoms with van der Waals surface area (Å²) in [5.74, 6) is 0.210. The fraction of sp³-hybridized carbons (Fsp3) is 0.438. The molecule has 23 heavy (non-hydrogen) atoms. The molecule has 2 rings (SSSR count). The van der Waals surface area contributed by atoms with Gasteiger partial charge in [0.2, 0.25) is 5.91 Å². The highest BCUT2D eigenvalue weighted by molar-refractivity contribution is 5.88. The number of carbonyl (C=O) groups is 2. The van der Waals surface area contributed by atoms with Gasteiger partial charge in [0.15, 0.2) is 18.1 Å². The summed E-state index contributed by atoms with van der Waals surface area (Å²) in [7, 11) is 1.46. The molecule has 2 amide bonds. The Morgan fingerprint density at radius 1 is 1.43 bits per heavy atom. The molecule has 1 aromatic carbocycles. The molecular formula is C16H19N3O4. The lowest BCUT2D eigenvalue weighted by Crippen LogP contribution is -2.46. The van der Waals surface area contributed by atoms with E-state index in [0.717, 1.165) is 12.8 Å². The lowest BCUT2D eigenvalue weighted by molar-refractivity contribution is -0.129. The van der Waals surface area contributed by atoms with Crippen LogP contribution in [-0.2, 0) is 9.59 Å². The average Bonchev–Trinajstić information content (AvgIpc) is 2.77. The van der Waals surface area contributed by atoms with Crippen molar-refractivity contribution in [3.8, 4) is 17.6 Å². The third-order valence-electron chi connectivity index (χ3n) is 3.52. The highest BCUT2D eigenvalue weighted by Crippen LogP contribution is 2.27. The van der Waals surface area contributed by atoms with Crippen LogP contribution in [0.1, 0.15) is 24.8 Å². The standard InChI is InChI=1S/C16H19N3O4/c1-22-14-8-11(9-17)5-6-13(14)23-10-15(20)19-12-4-2-3-7-18-16(12)21/h5-6,8,12H,2-4,7,10H2,1H3,(H,18,21)(H,19,20)/t12-/m0/s1. The Balaban J connectivity index is 1.91.